The maximum atomic E-state index is 11.1. The van der Waals surface area contributed by atoms with Gasteiger partial charge in [0, 0.05) is 6.92 Å². The van der Waals surface area contributed by atoms with Crippen molar-refractivity contribution >= 4 is 36.0 Å². The second-order valence-electron chi connectivity index (χ2n) is 3.25. The number of carbonyl (C=O) groups is 4. The van der Waals surface area contributed by atoms with E-state index in [2.05, 4.69) is 16.2 Å². The summed E-state index contributed by atoms with van der Waals surface area (Å²) in [6.45, 7) is 1.26. The van der Waals surface area contributed by atoms with E-state index in [0.29, 0.717) is 12.2 Å². The van der Waals surface area contributed by atoms with E-state index < -0.39 is 12.0 Å². The molecule has 0 aromatic rings. The lowest BCUT2D eigenvalue weighted by atomic mass is 10.2. The van der Waals surface area contributed by atoms with Crippen molar-refractivity contribution in [3.63, 3.8) is 0 Å². The second-order valence-corrected chi connectivity index (χ2v) is 4.35. The zero-order valence-electron chi connectivity index (χ0n) is 9.76. The number of aliphatic carboxylic acids is 1. The molecule has 18 heavy (non-hydrogen) atoms. The average Bonchev–Trinajstić information content (AvgIpc) is 2.30. The molecule has 1 atom stereocenters. The third kappa shape index (κ3) is 8.39. The molecule has 9 heteroatoms. The fourth-order valence-corrected chi connectivity index (χ4v) is 1.72. The van der Waals surface area contributed by atoms with Gasteiger partial charge in [-0.3, -0.25) is 25.2 Å². The molecule has 0 radical (unpaired) electrons. The van der Waals surface area contributed by atoms with Crippen LogP contribution in [0.15, 0.2) is 0 Å². The van der Waals surface area contributed by atoms with Gasteiger partial charge in [-0.05, 0) is 12.2 Å². The molecule has 102 valence electrons. The van der Waals surface area contributed by atoms with Crippen LogP contribution in [0.1, 0.15) is 13.3 Å². The summed E-state index contributed by atoms with van der Waals surface area (Å²) in [5.41, 5.74) is 4.30. The monoisotopic (exact) mass is 277 g/mol. The van der Waals surface area contributed by atoms with E-state index in [0.717, 1.165) is 0 Å². The molecular weight excluding hydrogens is 262 g/mol. The van der Waals surface area contributed by atoms with Crippen molar-refractivity contribution in [3.8, 4) is 0 Å². The molecule has 0 aliphatic heterocycles. The van der Waals surface area contributed by atoms with E-state index in [1.54, 1.807) is 0 Å². The third-order valence-corrected chi connectivity index (χ3v) is 2.72. The van der Waals surface area contributed by atoms with Crippen molar-refractivity contribution in [2.45, 2.75) is 19.4 Å². The van der Waals surface area contributed by atoms with Crippen LogP contribution in [0, 0.1) is 0 Å². The van der Waals surface area contributed by atoms with Gasteiger partial charge < -0.3 is 10.4 Å². The largest absolute Gasteiger partial charge is 0.480 e. The lowest BCUT2D eigenvalue weighted by molar-refractivity contribution is -0.140. The van der Waals surface area contributed by atoms with E-state index in [4.69, 9.17) is 5.11 Å². The fourth-order valence-electron chi connectivity index (χ4n) is 0.920. The normalized spacial score (nSPS) is 11.2. The predicted octanol–water partition coefficient (Wildman–Crippen LogP) is -1.52. The minimum atomic E-state index is -1.12. The van der Waals surface area contributed by atoms with Crippen LogP contribution in [0.3, 0.4) is 0 Å². The van der Waals surface area contributed by atoms with Crippen molar-refractivity contribution in [2.75, 3.05) is 11.5 Å². The minimum absolute atomic E-state index is 0.0910. The molecule has 8 nitrogen and oxygen atoms in total. The molecule has 0 aliphatic carbocycles. The second kappa shape index (κ2) is 9.28. The Labute approximate surface area is 108 Å². The van der Waals surface area contributed by atoms with Gasteiger partial charge >= 0.3 is 5.97 Å². The number of carbonyl (C=O) groups excluding carboxylic acids is 3. The van der Waals surface area contributed by atoms with Gasteiger partial charge in [-0.2, -0.15) is 11.8 Å². The Morgan fingerprint density at radius 3 is 2.50 bits per heavy atom. The number of hydrazine groups is 1. The first-order valence-electron chi connectivity index (χ1n) is 5.03. The Morgan fingerprint density at radius 1 is 1.33 bits per heavy atom. The topological polar surface area (TPSA) is 125 Å². The summed E-state index contributed by atoms with van der Waals surface area (Å²) in [5.74, 6) is -1.40. The number of amides is 3. The highest BCUT2D eigenvalue weighted by Crippen LogP contribution is 2.04. The van der Waals surface area contributed by atoms with E-state index in [9.17, 15) is 19.2 Å². The SMILES string of the molecule is CC(=O)NNC(=O)CSCCC(NC=O)C(=O)O. The summed E-state index contributed by atoms with van der Waals surface area (Å²) in [4.78, 5) is 42.4. The highest BCUT2D eigenvalue weighted by molar-refractivity contribution is 7.99. The van der Waals surface area contributed by atoms with Gasteiger partial charge in [-0.1, -0.05) is 0 Å². The van der Waals surface area contributed by atoms with Crippen molar-refractivity contribution < 1.29 is 24.3 Å². The van der Waals surface area contributed by atoms with Crippen LogP contribution < -0.4 is 16.2 Å². The quantitative estimate of drug-likeness (QED) is 0.242. The van der Waals surface area contributed by atoms with Crippen molar-refractivity contribution in [2.24, 2.45) is 0 Å². The molecule has 1 unspecified atom stereocenters. The molecule has 0 bridgehead atoms. The predicted molar refractivity (Wildman–Crippen MR) is 64.5 cm³/mol. The smallest absolute Gasteiger partial charge is 0.326 e. The molecule has 0 aliphatic rings. The first kappa shape index (κ1) is 16.2. The average molecular weight is 277 g/mol. The number of hydrogen-bond acceptors (Lipinski definition) is 5. The van der Waals surface area contributed by atoms with Gasteiger partial charge in [0.1, 0.15) is 6.04 Å². The zero-order valence-corrected chi connectivity index (χ0v) is 10.6. The molecule has 0 saturated carbocycles. The first-order valence-corrected chi connectivity index (χ1v) is 6.18. The van der Waals surface area contributed by atoms with Crippen LogP contribution in [0.5, 0.6) is 0 Å². The fraction of sp³-hybridized carbons (Fsp3) is 0.556. The van der Waals surface area contributed by atoms with Crippen LogP contribution in [0.4, 0.5) is 0 Å². The summed E-state index contributed by atoms with van der Waals surface area (Å²) in [6.07, 6.45) is 0.541. The van der Waals surface area contributed by atoms with Crippen molar-refractivity contribution in [1.82, 2.24) is 16.2 Å². The van der Waals surface area contributed by atoms with Crippen LogP contribution in [-0.2, 0) is 19.2 Å². The molecule has 0 rings (SSSR count). The Kier molecular flexibility index (Phi) is 8.37. The van der Waals surface area contributed by atoms with Gasteiger partial charge in [0.05, 0.1) is 5.75 Å². The van der Waals surface area contributed by atoms with Crippen LogP contribution >= 0.6 is 11.8 Å². The molecule has 0 heterocycles. The lowest BCUT2D eigenvalue weighted by Gasteiger charge is -2.10. The van der Waals surface area contributed by atoms with Gasteiger partial charge in [0.15, 0.2) is 0 Å². The summed E-state index contributed by atoms with van der Waals surface area (Å²) in [7, 11) is 0. The molecule has 0 saturated heterocycles. The van der Waals surface area contributed by atoms with Gasteiger partial charge in [0.2, 0.25) is 18.2 Å². The molecule has 3 amide bonds. The highest BCUT2D eigenvalue weighted by atomic mass is 32.2. The Morgan fingerprint density at radius 2 is 2.00 bits per heavy atom. The molecule has 0 spiro atoms. The summed E-state index contributed by atoms with van der Waals surface area (Å²) in [6, 6.07) is -0.951. The summed E-state index contributed by atoms with van der Waals surface area (Å²) >= 11 is 1.20. The number of carboxylic acid groups (broad SMARTS) is 1. The van der Waals surface area contributed by atoms with Crippen molar-refractivity contribution in [3.05, 3.63) is 0 Å². The van der Waals surface area contributed by atoms with Crippen LogP contribution in [0.2, 0.25) is 0 Å². The summed E-state index contributed by atoms with van der Waals surface area (Å²) < 4.78 is 0. The first-order chi connectivity index (χ1) is 8.47. The third-order valence-electron chi connectivity index (χ3n) is 1.73. The lowest BCUT2D eigenvalue weighted by Crippen LogP contribution is -2.41. The van der Waals surface area contributed by atoms with Gasteiger partial charge in [0.25, 0.3) is 0 Å². The van der Waals surface area contributed by atoms with E-state index in [1.807, 2.05) is 0 Å². The van der Waals surface area contributed by atoms with Crippen molar-refractivity contribution in [1.29, 1.82) is 0 Å². The summed E-state index contributed by atoms with van der Waals surface area (Å²) in [5, 5.41) is 10.9. The maximum Gasteiger partial charge on any atom is 0.326 e. The van der Waals surface area contributed by atoms with Crippen LogP contribution in [0.25, 0.3) is 0 Å². The van der Waals surface area contributed by atoms with E-state index >= 15 is 0 Å². The van der Waals surface area contributed by atoms with E-state index in [-0.39, 0.29) is 24.0 Å². The number of rotatable bonds is 8. The molecule has 0 fully saturated rings. The van der Waals surface area contributed by atoms with E-state index in [1.165, 1.54) is 18.7 Å². The van der Waals surface area contributed by atoms with Gasteiger partial charge in [-0.15, -0.1) is 0 Å². The standard InChI is InChI=1S/C9H15N3O5S/c1-6(14)11-12-8(15)4-18-3-2-7(9(16)17)10-5-13/h5,7H,2-4H2,1H3,(H,10,13)(H,11,14)(H,12,15)(H,16,17). The molecule has 4 N–H and O–H groups in total. The number of nitrogens with one attached hydrogen (secondary N) is 3. The minimum Gasteiger partial charge on any atom is -0.480 e. The Bertz CT molecular complexity index is 323. The highest BCUT2D eigenvalue weighted by Gasteiger charge is 2.15. The molecular formula is C9H15N3O5S. The maximum absolute atomic E-state index is 11.1. The zero-order chi connectivity index (χ0) is 14.0. The number of thioether (sulfide) groups is 1. The van der Waals surface area contributed by atoms with Crippen LogP contribution in [-0.4, -0.2) is 46.8 Å². The molecule has 0 aromatic heterocycles. The Hall–Kier alpha value is -1.77. The number of carboxylic acids is 1. The van der Waals surface area contributed by atoms with Gasteiger partial charge in [-0.25, -0.2) is 4.79 Å². The molecule has 0 aromatic carbocycles. The Balaban J connectivity index is 3.70. The number of hydrogen-bond donors (Lipinski definition) is 4.